The summed E-state index contributed by atoms with van der Waals surface area (Å²) < 4.78 is 11.1. The normalized spacial score (nSPS) is 18.7. The molecule has 1 fully saturated rings. The first kappa shape index (κ1) is 19.0. The van der Waals surface area contributed by atoms with Gasteiger partial charge in [0.25, 0.3) is 5.56 Å². The van der Waals surface area contributed by atoms with Gasteiger partial charge < -0.3 is 19.6 Å². The van der Waals surface area contributed by atoms with E-state index in [0.29, 0.717) is 36.4 Å². The minimum absolute atomic E-state index is 0.137. The highest BCUT2D eigenvalue weighted by Gasteiger charge is 2.17. The molecule has 7 nitrogen and oxygen atoms in total. The third kappa shape index (κ3) is 5.11. The van der Waals surface area contributed by atoms with Crippen LogP contribution in [0.4, 0.5) is 0 Å². The van der Waals surface area contributed by atoms with Crippen molar-refractivity contribution in [1.82, 2.24) is 14.9 Å². The van der Waals surface area contributed by atoms with Crippen LogP contribution < -0.4 is 5.56 Å². The highest BCUT2D eigenvalue weighted by molar-refractivity contribution is 5.77. The fourth-order valence-corrected chi connectivity index (χ4v) is 3.19. The summed E-state index contributed by atoms with van der Waals surface area (Å²) in [6.45, 7) is 5.29. The number of aromatic nitrogens is 2. The number of likely N-dealkylation sites (N-methyl/N-ethyl adjacent to an activating group) is 1. The van der Waals surface area contributed by atoms with Gasteiger partial charge in [-0.1, -0.05) is 19.1 Å². The van der Waals surface area contributed by atoms with E-state index in [1.807, 2.05) is 30.0 Å². The first-order chi connectivity index (χ1) is 12.7. The molecule has 1 saturated heterocycles. The molecule has 26 heavy (non-hydrogen) atoms. The number of rotatable bonds is 9. The van der Waals surface area contributed by atoms with E-state index in [9.17, 15) is 9.90 Å². The summed E-state index contributed by atoms with van der Waals surface area (Å²) in [5.74, 6) is 0.600. The number of benzene rings is 1. The Hall–Kier alpha value is -1.80. The van der Waals surface area contributed by atoms with Crippen LogP contribution in [0.3, 0.4) is 0 Å². The molecule has 0 spiro atoms. The fraction of sp³-hybridized carbons (Fsp3) is 0.579. The van der Waals surface area contributed by atoms with E-state index in [0.717, 1.165) is 26.0 Å². The standard InChI is InChI=1S/C19H27N3O4/c1-2-22(10-14(23)12-25-13-15-6-5-9-26-15)11-18-20-17-8-4-3-7-16(17)19(24)21-18/h3-4,7-8,14-15,23H,2,5-6,9-13H2,1H3,(H,20,21,24)/t14-,15+/m1/s1. The molecular formula is C19H27N3O4. The third-order valence-electron chi connectivity index (χ3n) is 4.59. The van der Waals surface area contributed by atoms with Gasteiger partial charge in [0.2, 0.25) is 0 Å². The van der Waals surface area contributed by atoms with Crippen molar-refractivity contribution in [3.63, 3.8) is 0 Å². The zero-order valence-corrected chi connectivity index (χ0v) is 15.2. The zero-order chi connectivity index (χ0) is 18.4. The van der Waals surface area contributed by atoms with Gasteiger partial charge >= 0.3 is 0 Å². The van der Waals surface area contributed by atoms with Crippen LogP contribution in [-0.2, 0) is 16.0 Å². The van der Waals surface area contributed by atoms with Gasteiger partial charge in [-0.15, -0.1) is 0 Å². The molecule has 0 aliphatic carbocycles. The molecule has 0 amide bonds. The van der Waals surface area contributed by atoms with Crippen LogP contribution in [0.5, 0.6) is 0 Å². The smallest absolute Gasteiger partial charge is 0.258 e. The maximum absolute atomic E-state index is 12.2. The Morgan fingerprint density at radius 2 is 2.31 bits per heavy atom. The van der Waals surface area contributed by atoms with Gasteiger partial charge in [0.05, 0.1) is 42.9 Å². The molecule has 1 aliphatic rings. The molecule has 142 valence electrons. The summed E-state index contributed by atoms with van der Waals surface area (Å²) in [4.78, 5) is 21.5. The van der Waals surface area contributed by atoms with Crippen molar-refractivity contribution in [2.24, 2.45) is 0 Å². The number of nitrogens with zero attached hydrogens (tertiary/aromatic N) is 2. The second-order valence-electron chi connectivity index (χ2n) is 6.68. The first-order valence-electron chi connectivity index (χ1n) is 9.23. The predicted octanol–water partition coefficient (Wildman–Crippen LogP) is 1.30. The van der Waals surface area contributed by atoms with Gasteiger partial charge in [0, 0.05) is 13.2 Å². The molecule has 0 unspecified atom stereocenters. The molecule has 1 aliphatic heterocycles. The highest BCUT2D eigenvalue weighted by atomic mass is 16.5. The maximum Gasteiger partial charge on any atom is 0.258 e. The Balaban J connectivity index is 1.52. The summed E-state index contributed by atoms with van der Waals surface area (Å²) >= 11 is 0. The number of nitrogens with one attached hydrogen (secondary N) is 1. The molecule has 0 radical (unpaired) electrons. The average molecular weight is 361 g/mol. The van der Waals surface area contributed by atoms with E-state index in [2.05, 4.69) is 9.97 Å². The number of hydrogen-bond donors (Lipinski definition) is 2. The predicted molar refractivity (Wildman–Crippen MR) is 99.1 cm³/mol. The van der Waals surface area contributed by atoms with E-state index < -0.39 is 6.10 Å². The SMILES string of the molecule is CCN(Cc1nc2ccccc2c(=O)[nH]1)C[C@@H](O)COC[C@@H]1CCCO1. The third-order valence-corrected chi connectivity index (χ3v) is 4.59. The van der Waals surface area contributed by atoms with E-state index >= 15 is 0 Å². The van der Waals surface area contributed by atoms with Gasteiger partial charge in [-0.25, -0.2) is 4.98 Å². The number of para-hydroxylation sites is 1. The van der Waals surface area contributed by atoms with Crippen molar-refractivity contribution in [2.45, 2.75) is 38.5 Å². The summed E-state index contributed by atoms with van der Waals surface area (Å²) in [6, 6.07) is 7.28. The summed E-state index contributed by atoms with van der Waals surface area (Å²) in [7, 11) is 0. The molecule has 7 heteroatoms. The Morgan fingerprint density at radius 1 is 1.46 bits per heavy atom. The zero-order valence-electron chi connectivity index (χ0n) is 15.2. The van der Waals surface area contributed by atoms with Crippen LogP contribution in [0.15, 0.2) is 29.1 Å². The van der Waals surface area contributed by atoms with E-state index in [4.69, 9.17) is 9.47 Å². The molecular weight excluding hydrogens is 334 g/mol. The summed E-state index contributed by atoms with van der Waals surface area (Å²) in [5, 5.41) is 10.8. The quantitative estimate of drug-likeness (QED) is 0.700. The summed E-state index contributed by atoms with van der Waals surface area (Å²) in [5.41, 5.74) is 0.546. The number of aromatic amines is 1. The van der Waals surface area contributed by atoms with Crippen molar-refractivity contribution < 1.29 is 14.6 Å². The van der Waals surface area contributed by atoms with Crippen LogP contribution in [-0.4, -0.2) is 65.1 Å². The molecule has 2 aromatic rings. The molecule has 2 heterocycles. The molecule has 2 N–H and O–H groups in total. The first-order valence-corrected chi connectivity index (χ1v) is 9.23. The number of aliphatic hydroxyl groups excluding tert-OH is 1. The molecule has 3 rings (SSSR count). The Morgan fingerprint density at radius 3 is 3.08 bits per heavy atom. The second kappa shape index (κ2) is 9.23. The van der Waals surface area contributed by atoms with Gasteiger partial charge in [0.15, 0.2) is 0 Å². The van der Waals surface area contributed by atoms with Crippen molar-refractivity contribution in [3.05, 3.63) is 40.4 Å². The van der Waals surface area contributed by atoms with Crippen LogP contribution in [0.25, 0.3) is 10.9 Å². The lowest BCUT2D eigenvalue weighted by molar-refractivity contribution is -0.0255. The Labute approximate surface area is 153 Å². The van der Waals surface area contributed by atoms with Crippen LogP contribution in [0.2, 0.25) is 0 Å². The van der Waals surface area contributed by atoms with Crippen LogP contribution in [0, 0.1) is 0 Å². The molecule has 0 bridgehead atoms. The molecule has 0 saturated carbocycles. The van der Waals surface area contributed by atoms with Gasteiger partial charge in [-0.2, -0.15) is 0 Å². The lowest BCUT2D eigenvalue weighted by Gasteiger charge is -2.23. The number of aliphatic hydroxyl groups is 1. The van der Waals surface area contributed by atoms with E-state index in [1.54, 1.807) is 6.07 Å². The minimum atomic E-state index is -0.594. The number of H-pyrrole nitrogens is 1. The van der Waals surface area contributed by atoms with Gasteiger partial charge in [-0.05, 0) is 31.5 Å². The van der Waals surface area contributed by atoms with Crippen molar-refractivity contribution in [1.29, 1.82) is 0 Å². The van der Waals surface area contributed by atoms with Crippen LogP contribution >= 0.6 is 0 Å². The average Bonchev–Trinajstić information content (AvgIpc) is 3.14. The maximum atomic E-state index is 12.2. The monoisotopic (exact) mass is 361 g/mol. The van der Waals surface area contributed by atoms with Crippen molar-refractivity contribution >= 4 is 10.9 Å². The molecule has 2 atom stereocenters. The van der Waals surface area contributed by atoms with Gasteiger partial charge in [0.1, 0.15) is 5.82 Å². The lowest BCUT2D eigenvalue weighted by Crippen LogP contribution is -2.36. The van der Waals surface area contributed by atoms with Crippen LogP contribution in [0.1, 0.15) is 25.6 Å². The molecule has 1 aromatic carbocycles. The van der Waals surface area contributed by atoms with Gasteiger partial charge in [-0.3, -0.25) is 9.69 Å². The van der Waals surface area contributed by atoms with E-state index in [1.165, 1.54) is 0 Å². The van der Waals surface area contributed by atoms with E-state index in [-0.39, 0.29) is 18.3 Å². The lowest BCUT2D eigenvalue weighted by atomic mass is 10.2. The number of fused-ring (bicyclic) bond motifs is 1. The number of hydrogen-bond acceptors (Lipinski definition) is 6. The largest absolute Gasteiger partial charge is 0.389 e. The minimum Gasteiger partial charge on any atom is -0.389 e. The highest BCUT2D eigenvalue weighted by Crippen LogP contribution is 2.12. The number of ether oxygens (including phenoxy) is 2. The van der Waals surface area contributed by atoms with Crippen molar-refractivity contribution in [2.75, 3.05) is 32.9 Å². The van der Waals surface area contributed by atoms with Crippen molar-refractivity contribution in [3.8, 4) is 0 Å². The molecule has 1 aromatic heterocycles. The Kier molecular flexibility index (Phi) is 6.73. The summed E-state index contributed by atoms with van der Waals surface area (Å²) in [6.07, 6.45) is 1.68. The Bertz CT molecular complexity index is 758. The topological polar surface area (TPSA) is 87.7 Å². The second-order valence-corrected chi connectivity index (χ2v) is 6.68. The fourth-order valence-electron chi connectivity index (χ4n) is 3.19.